The average Bonchev–Trinajstić information content (AvgIpc) is 2.31. The molecule has 0 saturated carbocycles. The van der Waals surface area contributed by atoms with Gasteiger partial charge >= 0.3 is 0 Å². The number of rotatable bonds is 3. The molecule has 0 spiro atoms. The number of hydrogen-bond donors (Lipinski definition) is 1. The normalized spacial score (nSPS) is 19.8. The zero-order valence-corrected chi connectivity index (χ0v) is 10.4. The van der Waals surface area contributed by atoms with E-state index in [0.717, 1.165) is 24.8 Å². The van der Waals surface area contributed by atoms with Crippen molar-refractivity contribution in [3.8, 4) is 0 Å². The minimum Gasteiger partial charge on any atom is -0.399 e. The van der Waals surface area contributed by atoms with Gasteiger partial charge in [0.1, 0.15) is 0 Å². The molecule has 1 atom stereocenters. The molecule has 16 heavy (non-hydrogen) atoms. The Kier molecular flexibility index (Phi) is 3.49. The molecule has 1 aromatic rings. The Morgan fingerprint density at radius 1 is 1.25 bits per heavy atom. The number of benzene rings is 1. The maximum Gasteiger partial charge on any atom is 0.0316 e. The van der Waals surface area contributed by atoms with Crippen LogP contribution in [-0.4, -0.2) is 24.0 Å². The van der Waals surface area contributed by atoms with E-state index in [4.69, 9.17) is 5.73 Å². The second kappa shape index (κ2) is 4.88. The van der Waals surface area contributed by atoms with Crippen molar-refractivity contribution in [2.75, 3.05) is 18.8 Å². The molecule has 88 valence electrons. The Balaban J connectivity index is 2.14. The molecule has 0 fully saturated rings. The predicted octanol–water partition coefficient (Wildman–Crippen LogP) is 2.47. The second-order valence-corrected chi connectivity index (χ2v) is 4.65. The number of nitrogen functional groups attached to an aromatic ring is 1. The van der Waals surface area contributed by atoms with Gasteiger partial charge in [-0.1, -0.05) is 19.9 Å². The van der Waals surface area contributed by atoms with E-state index in [-0.39, 0.29) is 0 Å². The highest BCUT2D eigenvalue weighted by molar-refractivity contribution is 5.46. The summed E-state index contributed by atoms with van der Waals surface area (Å²) in [5.41, 5.74) is 9.68. The van der Waals surface area contributed by atoms with Crippen LogP contribution in [0.3, 0.4) is 0 Å². The third kappa shape index (κ3) is 2.22. The number of likely N-dealkylation sites (N-methyl/N-ethyl adjacent to an activating group) is 1. The molecule has 0 aliphatic heterocycles. The first-order chi connectivity index (χ1) is 7.74. The summed E-state index contributed by atoms with van der Waals surface area (Å²) >= 11 is 0. The van der Waals surface area contributed by atoms with E-state index in [1.807, 2.05) is 6.07 Å². The van der Waals surface area contributed by atoms with E-state index >= 15 is 0 Å². The van der Waals surface area contributed by atoms with E-state index in [1.54, 1.807) is 0 Å². The van der Waals surface area contributed by atoms with Gasteiger partial charge in [0.05, 0.1) is 0 Å². The standard InChI is InChI=1S/C14H22N2/c1-3-16(4-2)14-8-6-11-9-13(15)7-5-12(11)10-14/h5,7,9,14H,3-4,6,8,10,15H2,1-2H3. The van der Waals surface area contributed by atoms with Gasteiger partial charge in [-0.15, -0.1) is 0 Å². The van der Waals surface area contributed by atoms with Crippen molar-refractivity contribution in [2.45, 2.75) is 39.2 Å². The lowest BCUT2D eigenvalue weighted by molar-refractivity contribution is 0.199. The summed E-state index contributed by atoms with van der Waals surface area (Å²) in [7, 11) is 0. The van der Waals surface area contributed by atoms with E-state index in [9.17, 15) is 0 Å². The van der Waals surface area contributed by atoms with Crippen LogP contribution in [0.4, 0.5) is 5.69 Å². The highest BCUT2D eigenvalue weighted by Crippen LogP contribution is 2.26. The number of hydrogen-bond acceptors (Lipinski definition) is 2. The predicted molar refractivity (Wildman–Crippen MR) is 69.6 cm³/mol. The molecule has 0 aromatic heterocycles. The number of nitrogens with zero attached hydrogens (tertiary/aromatic N) is 1. The van der Waals surface area contributed by atoms with Gasteiger partial charge in [-0.3, -0.25) is 0 Å². The monoisotopic (exact) mass is 218 g/mol. The molecule has 1 aromatic carbocycles. The Labute approximate surface area is 98.4 Å². The molecule has 2 N–H and O–H groups in total. The second-order valence-electron chi connectivity index (χ2n) is 4.65. The lowest BCUT2D eigenvalue weighted by atomic mass is 9.87. The third-order valence-electron chi connectivity index (χ3n) is 3.76. The molecule has 0 amide bonds. The Morgan fingerprint density at radius 2 is 2.00 bits per heavy atom. The molecular weight excluding hydrogens is 196 g/mol. The number of fused-ring (bicyclic) bond motifs is 1. The van der Waals surface area contributed by atoms with Gasteiger partial charge in [-0.05, 0) is 55.6 Å². The van der Waals surface area contributed by atoms with E-state index in [0.29, 0.717) is 0 Å². The van der Waals surface area contributed by atoms with Crippen molar-refractivity contribution in [2.24, 2.45) is 0 Å². The summed E-state index contributed by atoms with van der Waals surface area (Å²) in [6.07, 6.45) is 3.65. The molecule has 2 nitrogen and oxygen atoms in total. The average molecular weight is 218 g/mol. The molecule has 1 aliphatic rings. The van der Waals surface area contributed by atoms with Gasteiger partial charge in [0.25, 0.3) is 0 Å². The lowest BCUT2D eigenvalue weighted by Crippen LogP contribution is -2.39. The summed E-state index contributed by atoms with van der Waals surface area (Å²) in [6.45, 7) is 6.82. The lowest BCUT2D eigenvalue weighted by Gasteiger charge is -2.33. The van der Waals surface area contributed by atoms with Gasteiger partial charge in [0.15, 0.2) is 0 Å². The van der Waals surface area contributed by atoms with Gasteiger partial charge in [-0.2, -0.15) is 0 Å². The maximum absolute atomic E-state index is 5.82. The van der Waals surface area contributed by atoms with Crippen molar-refractivity contribution in [3.63, 3.8) is 0 Å². The van der Waals surface area contributed by atoms with E-state index in [1.165, 1.54) is 30.4 Å². The summed E-state index contributed by atoms with van der Waals surface area (Å²) in [4.78, 5) is 2.57. The van der Waals surface area contributed by atoms with Crippen LogP contribution in [-0.2, 0) is 12.8 Å². The van der Waals surface area contributed by atoms with E-state index in [2.05, 4.69) is 30.9 Å². The number of anilines is 1. The van der Waals surface area contributed by atoms with Crippen LogP contribution in [0.1, 0.15) is 31.4 Å². The topological polar surface area (TPSA) is 29.3 Å². The van der Waals surface area contributed by atoms with Gasteiger partial charge in [0.2, 0.25) is 0 Å². The fourth-order valence-corrected chi connectivity index (χ4v) is 2.81. The molecule has 2 rings (SSSR count). The van der Waals surface area contributed by atoms with Crippen LogP contribution >= 0.6 is 0 Å². The van der Waals surface area contributed by atoms with Crippen LogP contribution in [0.15, 0.2) is 18.2 Å². The largest absolute Gasteiger partial charge is 0.399 e. The summed E-state index contributed by atoms with van der Waals surface area (Å²) in [5.74, 6) is 0. The SMILES string of the molecule is CCN(CC)C1CCc2cc(N)ccc2C1. The van der Waals surface area contributed by atoms with Gasteiger partial charge < -0.3 is 10.6 Å². The minimum atomic E-state index is 0.728. The Hall–Kier alpha value is -1.02. The third-order valence-corrected chi connectivity index (χ3v) is 3.76. The molecule has 1 unspecified atom stereocenters. The van der Waals surface area contributed by atoms with Crippen molar-refractivity contribution in [1.82, 2.24) is 4.90 Å². The molecule has 0 saturated heterocycles. The maximum atomic E-state index is 5.82. The fraction of sp³-hybridized carbons (Fsp3) is 0.571. The highest BCUT2D eigenvalue weighted by atomic mass is 15.1. The van der Waals surface area contributed by atoms with Crippen LogP contribution in [0.5, 0.6) is 0 Å². The molecule has 0 radical (unpaired) electrons. The number of nitrogens with two attached hydrogens (primary N) is 1. The summed E-state index contributed by atoms with van der Waals surface area (Å²) in [5, 5.41) is 0. The molecule has 0 bridgehead atoms. The first-order valence-corrected chi connectivity index (χ1v) is 6.36. The van der Waals surface area contributed by atoms with Crippen molar-refractivity contribution in [3.05, 3.63) is 29.3 Å². The zero-order valence-electron chi connectivity index (χ0n) is 10.4. The Morgan fingerprint density at radius 3 is 2.69 bits per heavy atom. The Bertz CT molecular complexity index is 356. The fourth-order valence-electron chi connectivity index (χ4n) is 2.81. The van der Waals surface area contributed by atoms with Crippen molar-refractivity contribution < 1.29 is 0 Å². The first-order valence-electron chi connectivity index (χ1n) is 6.36. The molecule has 0 heterocycles. The van der Waals surface area contributed by atoms with Crippen LogP contribution in [0, 0.1) is 0 Å². The molecular formula is C14H22N2. The highest BCUT2D eigenvalue weighted by Gasteiger charge is 2.22. The zero-order chi connectivity index (χ0) is 11.5. The minimum absolute atomic E-state index is 0.728. The number of aryl methyl sites for hydroxylation is 1. The smallest absolute Gasteiger partial charge is 0.0316 e. The summed E-state index contributed by atoms with van der Waals surface area (Å²) in [6, 6.07) is 7.11. The first kappa shape index (κ1) is 11.5. The van der Waals surface area contributed by atoms with Crippen LogP contribution in [0.2, 0.25) is 0 Å². The van der Waals surface area contributed by atoms with Crippen LogP contribution < -0.4 is 5.73 Å². The van der Waals surface area contributed by atoms with Crippen molar-refractivity contribution in [1.29, 1.82) is 0 Å². The molecule has 2 heteroatoms. The quantitative estimate of drug-likeness (QED) is 0.790. The van der Waals surface area contributed by atoms with Gasteiger partial charge in [-0.25, -0.2) is 0 Å². The molecule has 1 aliphatic carbocycles. The van der Waals surface area contributed by atoms with Crippen molar-refractivity contribution >= 4 is 5.69 Å². The van der Waals surface area contributed by atoms with Crippen LogP contribution in [0.25, 0.3) is 0 Å². The summed E-state index contributed by atoms with van der Waals surface area (Å²) < 4.78 is 0. The van der Waals surface area contributed by atoms with E-state index < -0.39 is 0 Å². The van der Waals surface area contributed by atoms with Gasteiger partial charge in [0, 0.05) is 11.7 Å².